The maximum atomic E-state index is 11.2. The third-order valence-electron chi connectivity index (χ3n) is 2.59. The summed E-state index contributed by atoms with van der Waals surface area (Å²) in [5.41, 5.74) is -0.0643. The number of hydrogen-bond donors (Lipinski definition) is 2. The summed E-state index contributed by atoms with van der Waals surface area (Å²) >= 11 is 0. The molecule has 6 heteroatoms. The van der Waals surface area contributed by atoms with Gasteiger partial charge in [-0.05, 0) is 6.07 Å². The lowest BCUT2D eigenvalue weighted by molar-refractivity contribution is -0.0217. The summed E-state index contributed by atoms with van der Waals surface area (Å²) in [6.07, 6.45) is 0. The van der Waals surface area contributed by atoms with E-state index in [0.29, 0.717) is 18.8 Å². The minimum atomic E-state index is -0.909. The van der Waals surface area contributed by atoms with E-state index in [1.165, 1.54) is 11.8 Å². The van der Waals surface area contributed by atoms with Crippen LogP contribution in [0.4, 0.5) is 0 Å². The van der Waals surface area contributed by atoms with Crippen molar-refractivity contribution in [1.29, 1.82) is 0 Å². The highest BCUT2D eigenvalue weighted by molar-refractivity contribution is 5.87. The molecule has 2 heterocycles. The van der Waals surface area contributed by atoms with E-state index in [9.17, 15) is 9.90 Å². The lowest BCUT2D eigenvalue weighted by Gasteiger charge is -2.37. The molecule has 0 aromatic carbocycles. The van der Waals surface area contributed by atoms with Crippen LogP contribution in [0.3, 0.4) is 0 Å². The lowest BCUT2D eigenvalue weighted by atomic mass is 9.93. The van der Waals surface area contributed by atoms with Gasteiger partial charge in [-0.15, -0.1) is 0 Å². The van der Waals surface area contributed by atoms with Crippen molar-refractivity contribution < 1.29 is 14.6 Å². The molecule has 15 heavy (non-hydrogen) atoms. The van der Waals surface area contributed by atoms with E-state index in [0.717, 1.165) is 0 Å². The number of ether oxygens (including phenoxy) is 1. The molecule has 82 valence electrons. The van der Waals surface area contributed by atoms with Gasteiger partial charge in [-0.1, -0.05) is 0 Å². The number of carbonyl (C=O) groups excluding carboxylic acids is 1. The summed E-state index contributed by atoms with van der Waals surface area (Å²) in [5, 5.41) is 17.0. The first-order valence-electron chi connectivity index (χ1n) is 4.63. The summed E-state index contributed by atoms with van der Waals surface area (Å²) in [7, 11) is 2.99. The standard InChI is InChI=1S/C9H13N3O3/c1-12-7(9(14)4-10-5-9)3-6(11-12)8(13)15-2/h3,10,14H,4-5H2,1-2H3. The van der Waals surface area contributed by atoms with Crippen molar-refractivity contribution in [1.82, 2.24) is 15.1 Å². The maximum Gasteiger partial charge on any atom is 0.358 e. The first kappa shape index (κ1) is 10.1. The minimum Gasteiger partial charge on any atom is -0.464 e. The summed E-state index contributed by atoms with van der Waals surface area (Å²) in [5.74, 6) is -0.493. The van der Waals surface area contributed by atoms with Gasteiger partial charge in [0.25, 0.3) is 0 Å². The zero-order valence-corrected chi connectivity index (χ0v) is 8.65. The first-order valence-corrected chi connectivity index (χ1v) is 4.63. The monoisotopic (exact) mass is 211 g/mol. The molecule has 0 unspecified atom stereocenters. The summed E-state index contributed by atoms with van der Waals surface area (Å²) in [6.45, 7) is 0.959. The van der Waals surface area contributed by atoms with Crippen molar-refractivity contribution in [2.24, 2.45) is 7.05 Å². The molecule has 0 saturated carbocycles. The number of esters is 1. The van der Waals surface area contributed by atoms with Crippen LogP contribution in [-0.4, -0.2) is 41.1 Å². The first-order chi connectivity index (χ1) is 7.07. The maximum absolute atomic E-state index is 11.2. The molecule has 1 saturated heterocycles. The molecule has 1 aromatic rings. The largest absolute Gasteiger partial charge is 0.464 e. The fourth-order valence-corrected chi connectivity index (χ4v) is 1.65. The molecule has 1 aliphatic heterocycles. The van der Waals surface area contributed by atoms with E-state index in [4.69, 9.17) is 0 Å². The molecule has 0 bridgehead atoms. The molecule has 0 amide bonds. The highest BCUT2D eigenvalue weighted by atomic mass is 16.5. The van der Waals surface area contributed by atoms with E-state index in [-0.39, 0.29) is 5.69 Å². The fraction of sp³-hybridized carbons (Fsp3) is 0.556. The second-order valence-corrected chi connectivity index (χ2v) is 3.67. The van der Waals surface area contributed by atoms with E-state index in [2.05, 4.69) is 15.2 Å². The highest BCUT2D eigenvalue weighted by Gasteiger charge is 2.39. The molecular formula is C9H13N3O3. The zero-order valence-electron chi connectivity index (χ0n) is 8.65. The number of hydrogen-bond acceptors (Lipinski definition) is 5. The lowest BCUT2D eigenvalue weighted by Crippen LogP contribution is -2.57. The SMILES string of the molecule is COC(=O)c1cc(C2(O)CNC2)n(C)n1. The number of aromatic nitrogens is 2. The van der Waals surface area contributed by atoms with Crippen molar-refractivity contribution in [2.75, 3.05) is 20.2 Å². The molecule has 1 fully saturated rings. The molecule has 0 spiro atoms. The second kappa shape index (κ2) is 3.32. The molecule has 6 nitrogen and oxygen atoms in total. The van der Waals surface area contributed by atoms with Crippen LogP contribution in [0.25, 0.3) is 0 Å². The highest BCUT2D eigenvalue weighted by Crippen LogP contribution is 2.25. The Morgan fingerprint density at radius 2 is 2.40 bits per heavy atom. The van der Waals surface area contributed by atoms with Crippen molar-refractivity contribution in [3.05, 3.63) is 17.5 Å². The average Bonchev–Trinajstić information content (AvgIpc) is 2.56. The Hall–Kier alpha value is -1.40. The molecule has 0 aliphatic carbocycles. The van der Waals surface area contributed by atoms with Crippen molar-refractivity contribution in [3.8, 4) is 0 Å². The van der Waals surface area contributed by atoms with Gasteiger partial charge in [0.1, 0.15) is 5.60 Å². The van der Waals surface area contributed by atoms with Crippen LogP contribution in [0.15, 0.2) is 6.07 Å². The summed E-state index contributed by atoms with van der Waals surface area (Å²) in [6, 6.07) is 1.56. The van der Waals surface area contributed by atoms with Crippen molar-refractivity contribution in [3.63, 3.8) is 0 Å². The summed E-state index contributed by atoms with van der Waals surface area (Å²) < 4.78 is 6.06. The van der Waals surface area contributed by atoms with Gasteiger partial charge in [0.2, 0.25) is 0 Å². The Morgan fingerprint density at radius 1 is 1.73 bits per heavy atom. The van der Waals surface area contributed by atoms with Crippen LogP contribution in [-0.2, 0) is 17.4 Å². The Labute approximate surface area is 86.8 Å². The van der Waals surface area contributed by atoms with Crippen LogP contribution in [0.2, 0.25) is 0 Å². The van der Waals surface area contributed by atoms with Gasteiger partial charge < -0.3 is 15.2 Å². The molecule has 2 N–H and O–H groups in total. The smallest absolute Gasteiger partial charge is 0.358 e. The van der Waals surface area contributed by atoms with Crippen LogP contribution in [0, 0.1) is 0 Å². The second-order valence-electron chi connectivity index (χ2n) is 3.67. The topological polar surface area (TPSA) is 76.4 Å². The van der Waals surface area contributed by atoms with E-state index in [1.54, 1.807) is 13.1 Å². The van der Waals surface area contributed by atoms with E-state index >= 15 is 0 Å². The van der Waals surface area contributed by atoms with Crippen LogP contribution in [0.1, 0.15) is 16.2 Å². The molecule has 2 rings (SSSR count). The minimum absolute atomic E-state index is 0.218. The predicted octanol–water partition coefficient (Wildman–Crippen LogP) is -1.00. The van der Waals surface area contributed by atoms with Gasteiger partial charge in [-0.25, -0.2) is 4.79 Å². The van der Waals surface area contributed by atoms with Gasteiger partial charge in [-0.2, -0.15) is 5.10 Å². The quantitative estimate of drug-likeness (QED) is 0.613. The molecule has 1 aromatic heterocycles. The molecule has 1 aliphatic rings. The van der Waals surface area contributed by atoms with Gasteiger partial charge in [0.05, 0.1) is 12.8 Å². The van der Waals surface area contributed by atoms with Crippen LogP contribution < -0.4 is 5.32 Å². The van der Waals surface area contributed by atoms with E-state index in [1.807, 2.05) is 0 Å². The van der Waals surface area contributed by atoms with Gasteiger partial charge in [0, 0.05) is 20.1 Å². The number of methoxy groups -OCH3 is 1. The number of carbonyl (C=O) groups is 1. The fourth-order valence-electron chi connectivity index (χ4n) is 1.65. The molecular weight excluding hydrogens is 198 g/mol. The number of β-amino-alcohol motifs (C(OH)–C–C–N with tert-alkyl or cyclic N) is 1. The van der Waals surface area contributed by atoms with Gasteiger partial charge >= 0.3 is 5.97 Å². The van der Waals surface area contributed by atoms with Crippen LogP contribution >= 0.6 is 0 Å². The number of rotatable bonds is 2. The number of nitrogens with zero attached hydrogens (tertiary/aromatic N) is 2. The third-order valence-corrected chi connectivity index (χ3v) is 2.59. The normalized spacial score (nSPS) is 18.3. The predicted molar refractivity (Wildman–Crippen MR) is 51.3 cm³/mol. The molecule has 0 atom stereocenters. The Bertz CT molecular complexity index is 395. The van der Waals surface area contributed by atoms with Crippen molar-refractivity contribution in [2.45, 2.75) is 5.60 Å². The zero-order chi connectivity index (χ0) is 11.1. The van der Waals surface area contributed by atoms with E-state index < -0.39 is 11.6 Å². The number of aryl methyl sites for hydroxylation is 1. The molecule has 0 radical (unpaired) electrons. The van der Waals surface area contributed by atoms with Crippen molar-refractivity contribution >= 4 is 5.97 Å². The Balaban J connectivity index is 2.33. The third kappa shape index (κ3) is 1.51. The van der Waals surface area contributed by atoms with Gasteiger partial charge in [-0.3, -0.25) is 4.68 Å². The Morgan fingerprint density at radius 3 is 2.87 bits per heavy atom. The van der Waals surface area contributed by atoms with Crippen LogP contribution in [0.5, 0.6) is 0 Å². The average molecular weight is 211 g/mol. The number of aliphatic hydroxyl groups is 1. The summed E-state index contributed by atoms with van der Waals surface area (Å²) in [4.78, 5) is 11.2. The Kier molecular flexibility index (Phi) is 2.24. The number of nitrogens with one attached hydrogen (secondary N) is 1. The van der Waals surface area contributed by atoms with Gasteiger partial charge in [0.15, 0.2) is 5.69 Å².